The molecule has 0 saturated carbocycles. The van der Waals surface area contributed by atoms with E-state index in [1.165, 1.54) is 12.3 Å². The second-order valence-electron chi connectivity index (χ2n) is 6.23. The number of pyridine rings is 1. The van der Waals surface area contributed by atoms with E-state index in [4.69, 9.17) is 9.47 Å². The first-order valence-electron chi connectivity index (χ1n) is 8.75. The predicted molar refractivity (Wildman–Crippen MR) is 107 cm³/mol. The highest BCUT2D eigenvalue weighted by molar-refractivity contribution is 5.49. The summed E-state index contributed by atoms with van der Waals surface area (Å²) in [5.41, 5.74) is 2.74. The first-order chi connectivity index (χ1) is 13.6. The normalized spacial score (nSPS) is 10.4. The molecule has 0 radical (unpaired) electrons. The van der Waals surface area contributed by atoms with E-state index < -0.39 is 4.92 Å². The number of aromatic nitrogens is 1. The third-order valence-corrected chi connectivity index (χ3v) is 4.20. The van der Waals surface area contributed by atoms with Crippen LogP contribution in [0.5, 0.6) is 11.5 Å². The van der Waals surface area contributed by atoms with E-state index in [0.717, 1.165) is 11.1 Å². The second kappa shape index (κ2) is 8.85. The zero-order chi connectivity index (χ0) is 19.9. The Morgan fingerprint density at radius 1 is 1.07 bits per heavy atom. The zero-order valence-corrected chi connectivity index (χ0v) is 15.7. The largest absolute Gasteiger partial charge is 0.493 e. The second-order valence-corrected chi connectivity index (χ2v) is 6.23. The molecule has 7 heteroatoms. The number of methoxy groups -OCH3 is 1. The van der Waals surface area contributed by atoms with Gasteiger partial charge < -0.3 is 14.8 Å². The molecule has 28 heavy (non-hydrogen) atoms. The van der Waals surface area contributed by atoms with Crippen LogP contribution in [0.3, 0.4) is 0 Å². The molecule has 0 atom stereocenters. The van der Waals surface area contributed by atoms with Crippen molar-refractivity contribution in [3.05, 3.63) is 87.6 Å². The fraction of sp³-hybridized carbons (Fsp3) is 0.190. The number of hydrogen-bond donors (Lipinski definition) is 1. The molecular weight excluding hydrogens is 358 g/mol. The lowest BCUT2D eigenvalue weighted by Crippen LogP contribution is -2.05. The van der Waals surface area contributed by atoms with Crippen molar-refractivity contribution in [1.82, 2.24) is 4.98 Å². The van der Waals surface area contributed by atoms with Gasteiger partial charge in [-0.3, -0.25) is 10.1 Å². The van der Waals surface area contributed by atoms with Crippen LogP contribution >= 0.6 is 0 Å². The van der Waals surface area contributed by atoms with Gasteiger partial charge in [-0.2, -0.15) is 0 Å². The summed E-state index contributed by atoms with van der Waals surface area (Å²) < 4.78 is 11.3. The van der Waals surface area contributed by atoms with Crippen molar-refractivity contribution in [1.29, 1.82) is 0 Å². The Hall–Kier alpha value is -3.61. The average molecular weight is 379 g/mol. The molecule has 0 amide bonds. The Balaban J connectivity index is 1.66. The van der Waals surface area contributed by atoms with Gasteiger partial charge in [0.2, 0.25) is 0 Å². The number of nitrogens with one attached hydrogen (secondary N) is 1. The summed E-state index contributed by atoms with van der Waals surface area (Å²) in [6.07, 6.45) is 1.25. The topological polar surface area (TPSA) is 86.5 Å². The lowest BCUT2D eigenvalue weighted by Gasteiger charge is -2.13. The lowest BCUT2D eigenvalue weighted by molar-refractivity contribution is -0.385. The van der Waals surface area contributed by atoms with Gasteiger partial charge in [0.25, 0.3) is 5.69 Å². The predicted octanol–water partition coefficient (Wildman–Crippen LogP) is 4.50. The van der Waals surface area contributed by atoms with Crippen molar-refractivity contribution in [2.45, 2.75) is 20.1 Å². The molecular formula is C21H21N3O4. The molecule has 0 aliphatic rings. The van der Waals surface area contributed by atoms with Crippen LogP contribution < -0.4 is 14.8 Å². The molecule has 0 aliphatic heterocycles. The maximum absolute atomic E-state index is 10.8. The maximum Gasteiger partial charge on any atom is 0.287 e. The van der Waals surface area contributed by atoms with Gasteiger partial charge in [-0.1, -0.05) is 36.4 Å². The molecule has 0 bridgehead atoms. The van der Waals surface area contributed by atoms with Crippen molar-refractivity contribution in [3.63, 3.8) is 0 Å². The molecule has 0 spiro atoms. The van der Waals surface area contributed by atoms with Gasteiger partial charge in [0.15, 0.2) is 11.5 Å². The van der Waals surface area contributed by atoms with E-state index in [0.29, 0.717) is 36.0 Å². The minimum Gasteiger partial charge on any atom is -0.493 e. The molecule has 1 aromatic heterocycles. The molecule has 7 nitrogen and oxygen atoms in total. The van der Waals surface area contributed by atoms with E-state index >= 15 is 0 Å². The number of aryl methyl sites for hydroxylation is 1. The molecule has 144 valence electrons. The minimum atomic E-state index is -0.456. The summed E-state index contributed by atoms with van der Waals surface area (Å²) in [4.78, 5) is 14.5. The quantitative estimate of drug-likeness (QED) is 0.458. The van der Waals surface area contributed by atoms with E-state index in [1.54, 1.807) is 14.0 Å². The van der Waals surface area contributed by atoms with Crippen LogP contribution in [0.2, 0.25) is 0 Å². The molecule has 0 fully saturated rings. The summed E-state index contributed by atoms with van der Waals surface area (Å²) in [5.74, 6) is 1.91. The van der Waals surface area contributed by atoms with Gasteiger partial charge in [0, 0.05) is 12.6 Å². The average Bonchev–Trinajstić information content (AvgIpc) is 2.72. The van der Waals surface area contributed by atoms with E-state index in [9.17, 15) is 10.1 Å². The standard InChI is InChI=1S/C21H21N3O4/c1-15-10-18(24(25)26)13-23-21(15)22-12-17-8-9-19(20(11-17)27-2)28-14-16-6-4-3-5-7-16/h3-11,13H,12,14H2,1-2H3,(H,22,23). The molecule has 0 unspecified atom stereocenters. The number of hydrogen-bond acceptors (Lipinski definition) is 6. The summed E-state index contributed by atoms with van der Waals surface area (Å²) in [7, 11) is 1.60. The summed E-state index contributed by atoms with van der Waals surface area (Å²) in [5, 5.41) is 14.0. The monoisotopic (exact) mass is 379 g/mol. The highest BCUT2D eigenvalue weighted by Crippen LogP contribution is 2.29. The Kier molecular flexibility index (Phi) is 6.06. The SMILES string of the molecule is COc1cc(CNc2ncc([N+](=O)[O-])cc2C)ccc1OCc1ccccc1. The van der Waals surface area contributed by atoms with Crippen LogP contribution in [0, 0.1) is 17.0 Å². The van der Waals surface area contributed by atoms with Gasteiger partial charge in [0.1, 0.15) is 18.6 Å². The maximum atomic E-state index is 10.8. The Bertz CT molecular complexity index is 961. The van der Waals surface area contributed by atoms with Gasteiger partial charge in [-0.25, -0.2) is 4.98 Å². The van der Waals surface area contributed by atoms with Gasteiger partial charge in [-0.15, -0.1) is 0 Å². The van der Waals surface area contributed by atoms with Crippen molar-refractivity contribution in [3.8, 4) is 11.5 Å². The third-order valence-electron chi connectivity index (χ3n) is 4.20. The van der Waals surface area contributed by atoms with Crippen LogP contribution in [-0.4, -0.2) is 17.0 Å². The number of nitro groups is 1. The fourth-order valence-corrected chi connectivity index (χ4v) is 2.71. The summed E-state index contributed by atoms with van der Waals surface area (Å²) in [6, 6.07) is 17.1. The van der Waals surface area contributed by atoms with Gasteiger partial charge >= 0.3 is 0 Å². The summed E-state index contributed by atoms with van der Waals surface area (Å²) in [6.45, 7) is 2.74. The van der Waals surface area contributed by atoms with Crippen LogP contribution in [0.4, 0.5) is 11.5 Å². The molecule has 0 aliphatic carbocycles. The Morgan fingerprint density at radius 3 is 2.54 bits per heavy atom. The van der Waals surface area contributed by atoms with Crippen LogP contribution in [0.1, 0.15) is 16.7 Å². The van der Waals surface area contributed by atoms with Gasteiger partial charge in [-0.05, 0) is 35.7 Å². The van der Waals surface area contributed by atoms with Crippen molar-refractivity contribution < 1.29 is 14.4 Å². The molecule has 3 rings (SSSR count). The molecule has 2 aromatic carbocycles. The van der Waals surface area contributed by atoms with E-state index in [1.807, 2.05) is 48.5 Å². The number of rotatable bonds is 8. The zero-order valence-electron chi connectivity index (χ0n) is 15.7. The van der Waals surface area contributed by atoms with E-state index in [2.05, 4.69) is 10.3 Å². The number of ether oxygens (including phenoxy) is 2. The molecule has 3 aromatic rings. The van der Waals surface area contributed by atoms with Crippen molar-refractivity contribution >= 4 is 11.5 Å². The van der Waals surface area contributed by atoms with Crippen LogP contribution in [-0.2, 0) is 13.2 Å². The molecule has 0 saturated heterocycles. The molecule has 1 N–H and O–H groups in total. The van der Waals surface area contributed by atoms with Crippen LogP contribution in [0.15, 0.2) is 60.8 Å². The highest BCUT2D eigenvalue weighted by Gasteiger charge is 2.10. The summed E-state index contributed by atoms with van der Waals surface area (Å²) >= 11 is 0. The lowest BCUT2D eigenvalue weighted by atomic mass is 10.2. The minimum absolute atomic E-state index is 0.0235. The Morgan fingerprint density at radius 2 is 1.86 bits per heavy atom. The third kappa shape index (κ3) is 4.76. The van der Waals surface area contributed by atoms with Crippen molar-refractivity contribution in [2.24, 2.45) is 0 Å². The smallest absolute Gasteiger partial charge is 0.287 e. The first-order valence-corrected chi connectivity index (χ1v) is 8.75. The highest BCUT2D eigenvalue weighted by atomic mass is 16.6. The number of anilines is 1. The fourth-order valence-electron chi connectivity index (χ4n) is 2.71. The van der Waals surface area contributed by atoms with Crippen molar-refractivity contribution in [2.75, 3.05) is 12.4 Å². The first kappa shape index (κ1) is 19.2. The van der Waals surface area contributed by atoms with Crippen LogP contribution in [0.25, 0.3) is 0 Å². The van der Waals surface area contributed by atoms with Gasteiger partial charge in [0.05, 0.1) is 12.0 Å². The Labute approximate surface area is 163 Å². The number of benzene rings is 2. The van der Waals surface area contributed by atoms with E-state index in [-0.39, 0.29) is 5.69 Å². The molecule has 1 heterocycles. The number of nitrogens with zero attached hydrogens (tertiary/aromatic N) is 2.